The quantitative estimate of drug-likeness (QED) is 0.811. The summed E-state index contributed by atoms with van der Waals surface area (Å²) in [5.41, 5.74) is 0. The third-order valence-electron chi connectivity index (χ3n) is 4.99. The molecule has 0 radical (unpaired) electrons. The molecule has 1 N–H and O–H groups in total. The van der Waals surface area contributed by atoms with Crippen molar-refractivity contribution in [1.82, 2.24) is 15.1 Å². The Bertz CT molecular complexity index is 319. The maximum absolute atomic E-state index is 12.4. The molecule has 0 aromatic carbocycles. The minimum Gasteiger partial charge on any atom is -0.312 e. The molecule has 0 bridgehead atoms. The first-order chi connectivity index (χ1) is 10.3. The van der Waals surface area contributed by atoms with Crippen molar-refractivity contribution in [2.24, 2.45) is 5.92 Å². The summed E-state index contributed by atoms with van der Waals surface area (Å²) in [6.45, 7) is 8.19. The van der Waals surface area contributed by atoms with Crippen LogP contribution in [0.3, 0.4) is 0 Å². The van der Waals surface area contributed by atoms with Gasteiger partial charge in [-0.15, -0.1) is 0 Å². The van der Waals surface area contributed by atoms with Crippen LogP contribution in [-0.2, 0) is 0 Å². The minimum absolute atomic E-state index is 0.369. The summed E-state index contributed by atoms with van der Waals surface area (Å²) in [5.74, 6) is 0.607. The van der Waals surface area contributed by atoms with Crippen molar-refractivity contribution in [2.45, 2.75) is 57.8 Å². The molecule has 0 saturated carbocycles. The van der Waals surface area contributed by atoms with Crippen LogP contribution in [0.15, 0.2) is 0 Å². The smallest absolute Gasteiger partial charge is 0.312 e. The highest BCUT2D eigenvalue weighted by Gasteiger charge is 2.33. The molecule has 2 heterocycles. The normalized spacial score (nSPS) is 24.3. The molecular formula is C16H30F3N3. The lowest BCUT2D eigenvalue weighted by Crippen LogP contribution is -2.50. The molecule has 2 saturated heterocycles. The van der Waals surface area contributed by atoms with E-state index in [1.165, 1.54) is 30.8 Å². The molecule has 0 amide bonds. The number of hydrogen-bond donors (Lipinski definition) is 1. The topological polar surface area (TPSA) is 18.5 Å². The average molecular weight is 321 g/mol. The van der Waals surface area contributed by atoms with Crippen LogP contribution in [0.4, 0.5) is 13.2 Å². The number of alkyl halides is 3. The van der Waals surface area contributed by atoms with Crippen molar-refractivity contribution in [3.05, 3.63) is 0 Å². The second-order valence-electron chi connectivity index (χ2n) is 7.13. The lowest BCUT2D eigenvalue weighted by Gasteiger charge is -2.36. The maximum Gasteiger partial charge on any atom is 0.401 e. The molecular weight excluding hydrogens is 291 g/mol. The Labute approximate surface area is 132 Å². The first-order valence-corrected chi connectivity index (χ1v) is 8.61. The fourth-order valence-corrected chi connectivity index (χ4v) is 3.70. The highest BCUT2D eigenvalue weighted by molar-refractivity contribution is 4.84. The Balaban J connectivity index is 1.71. The van der Waals surface area contributed by atoms with E-state index in [-0.39, 0.29) is 0 Å². The van der Waals surface area contributed by atoms with Gasteiger partial charge >= 0.3 is 6.18 Å². The monoisotopic (exact) mass is 321 g/mol. The second kappa shape index (κ2) is 7.97. The maximum atomic E-state index is 12.4. The van der Waals surface area contributed by atoms with Gasteiger partial charge in [-0.2, -0.15) is 13.2 Å². The molecule has 0 aromatic rings. The van der Waals surface area contributed by atoms with Crippen LogP contribution in [0.25, 0.3) is 0 Å². The lowest BCUT2D eigenvalue weighted by atomic mass is 10.0. The van der Waals surface area contributed by atoms with Gasteiger partial charge < -0.3 is 5.32 Å². The molecule has 0 aromatic heterocycles. The van der Waals surface area contributed by atoms with Gasteiger partial charge in [0, 0.05) is 18.6 Å². The molecule has 2 fully saturated rings. The summed E-state index contributed by atoms with van der Waals surface area (Å²) in [5, 5.41) is 3.61. The van der Waals surface area contributed by atoms with Crippen molar-refractivity contribution in [1.29, 1.82) is 0 Å². The third-order valence-corrected chi connectivity index (χ3v) is 4.99. The van der Waals surface area contributed by atoms with Crippen LogP contribution in [0.1, 0.15) is 39.5 Å². The first kappa shape index (κ1) is 18.0. The standard InChI is InChI=1S/C16H30F3N3/c1-13(2)15(22-7-3-4-8-22)11-20-14-5-9-21(10-6-14)12-16(17,18)19/h13-15,20H,3-12H2,1-2H3. The number of rotatable bonds is 6. The van der Waals surface area contributed by atoms with Gasteiger partial charge in [-0.1, -0.05) is 13.8 Å². The van der Waals surface area contributed by atoms with Crippen molar-refractivity contribution >= 4 is 0 Å². The van der Waals surface area contributed by atoms with E-state index in [0.29, 0.717) is 31.1 Å². The van der Waals surface area contributed by atoms with Crippen LogP contribution in [0.5, 0.6) is 0 Å². The molecule has 6 heteroatoms. The van der Waals surface area contributed by atoms with Crippen LogP contribution in [0, 0.1) is 5.92 Å². The van der Waals surface area contributed by atoms with Crippen molar-refractivity contribution in [2.75, 3.05) is 39.3 Å². The first-order valence-electron chi connectivity index (χ1n) is 8.61. The van der Waals surface area contributed by atoms with Crippen LogP contribution < -0.4 is 5.32 Å². The Kier molecular flexibility index (Phi) is 6.53. The molecule has 2 rings (SSSR count). The summed E-state index contributed by atoms with van der Waals surface area (Å²) in [7, 11) is 0. The molecule has 1 unspecified atom stereocenters. The number of halogens is 3. The molecule has 2 aliphatic heterocycles. The zero-order chi connectivity index (χ0) is 16.2. The highest BCUT2D eigenvalue weighted by Crippen LogP contribution is 2.21. The Morgan fingerprint density at radius 2 is 1.64 bits per heavy atom. The predicted molar refractivity (Wildman–Crippen MR) is 83.0 cm³/mol. The van der Waals surface area contributed by atoms with Gasteiger partial charge in [0.25, 0.3) is 0 Å². The van der Waals surface area contributed by atoms with Crippen molar-refractivity contribution in [3.8, 4) is 0 Å². The molecule has 0 spiro atoms. The molecule has 3 nitrogen and oxygen atoms in total. The minimum atomic E-state index is -4.07. The van der Waals surface area contributed by atoms with E-state index in [9.17, 15) is 13.2 Å². The van der Waals surface area contributed by atoms with Crippen LogP contribution >= 0.6 is 0 Å². The SMILES string of the molecule is CC(C)C(CNC1CCN(CC(F)(F)F)CC1)N1CCCC1. The van der Waals surface area contributed by atoms with Crippen molar-refractivity contribution < 1.29 is 13.2 Å². The number of likely N-dealkylation sites (tertiary alicyclic amines) is 2. The second-order valence-corrected chi connectivity index (χ2v) is 7.13. The van der Waals surface area contributed by atoms with E-state index in [4.69, 9.17) is 0 Å². The Hall–Kier alpha value is -0.330. The number of hydrogen-bond acceptors (Lipinski definition) is 3. The van der Waals surface area contributed by atoms with Gasteiger partial charge in [-0.3, -0.25) is 9.80 Å². The number of nitrogens with one attached hydrogen (secondary N) is 1. The van der Waals surface area contributed by atoms with Gasteiger partial charge in [0.2, 0.25) is 0 Å². The fourth-order valence-electron chi connectivity index (χ4n) is 3.70. The fraction of sp³-hybridized carbons (Fsp3) is 1.00. The van der Waals surface area contributed by atoms with Gasteiger partial charge in [-0.05, 0) is 57.8 Å². The molecule has 0 aliphatic carbocycles. The van der Waals surface area contributed by atoms with Crippen LogP contribution in [-0.4, -0.2) is 67.3 Å². The summed E-state index contributed by atoms with van der Waals surface area (Å²) >= 11 is 0. The number of nitrogens with zero attached hydrogens (tertiary/aromatic N) is 2. The summed E-state index contributed by atoms with van der Waals surface area (Å²) in [6.07, 6.45) is 0.151. The molecule has 1 atom stereocenters. The largest absolute Gasteiger partial charge is 0.401 e. The van der Waals surface area contributed by atoms with Crippen molar-refractivity contribution in [3.63, 3.8) is 0 Å². The Morgan fingerprint density at radius 1 is 1.05 bits per heavy atom. The summed E-state index contributed by atoms with van der Waals surface area (Å²) < 4.78 is 37.2. The zero-order valence-corrected chi connectivity index (χ0v) is 13.8. The van der Waals surface area contributed by atoms with E-state index < -0.39 is 12.7 Å². The van der Waals surface area contributed by atoms with Gasteiger partial charge in [0.05, 0.1) is 6.54 Å². The highest BCUT2D eigenvalue weighted by atomic mass is 19.4. The lowest BCUT2D eigenvalue weighted by molar-refractivity contribution is -0.148. The third kappa shape index (κ3) is 5.70. The van der Waals surface area contributed by atoms with Gasteiger partial charge in [0.1, 0.15) is 0 Å². The van der Waals surface area contributed by atoms with E-state index >= 15 is 0 Å². The van der Waals surface area contributed by atoms with Crippen LogP contribution in [0.2, 0.25) is 0 Å². The van der Waals surface area contributed by atoms with Gasteiger partial charge in [-0.25, -0.2) is 0 Å². The van der Waals surface area contributed by atoms with E-state index in [2.05, 4.69) is 24.1 Å². The zero-order valence-electron chi connectivity index (χ0n) is 13.8. The van der Waals surface area contributed by atoms with E-state index in [0.717, 1.165) is 19.4 Å². The Morgan fingerprint density at radius 3 is 2.14 bits per heavy atom. The molecule has 22 heavy (non-hydrogen) atoms. The van der Waals surface area contributed by atoms with E-state index in [1.54, 1.807) is 0 Å². The van der Waals surface area contributed by atoms with E-state index in [1.807, 2.05) is 0 Å². The molecule has 130 valence electrons. The predicted octanol–water partition coefficient (Wildman–Crippen LogP) is 2.72. The summed E-state index contributed by atoms with van der Waals surface area (Å²) in [4.78, 5) is 4.09. The van der Waals surface area contributed by atoms with Gasteiger partial charge in [0.15, 0.2) is 0 Å². The average Bonchev–Trinajstić information content (AvgIpc) is 2.92. The number of piperidine rings is 1. The molecule has 2 aliphatic rings. The summed E-state index contributed by atoms with van der Waals surface area (Å²) in [6, 6.07) is 0.920.